The lowest BCUT2D eigenvalue weighted by atomic mass is 10.2. The van der Waals surface area contributed by atoms with Crippen LogP contribution in [0, 0.1) is 0 Å². The van der Waals surface area contributed by atoms with Crippen LogP contribution in [0.3, 0.4) is 0 Å². The molecule has 0 unspecified atom stereocenters. The maximum Gasteiger partial charge on any atom is 0.264 e. The van der Waals surface area contributed by atoms with Crippen molar-refractivity contribution in [2.45, 2.75) is 13.5 Å². The highest BCUT2D eigenvalue weighted by molar-refractivity contribution is 6.30. The van der Waals surface area contributed by atoms with Crippen LogP contribution in [0.25, 0.3) is 11.4 Å². The average Bonchev–Trinajstić information content (AvgIpc) is 3.03. The highest BCUT2D eigenvalue weighted by Gasteiger charge is 2.11. The first-order chi connectivity index (χ1) is 11.6. The predicted octanol–water partition coefficient (Wildman–Crippen LogP) is 3.93. The minimum absolute atomic E-state index is 0.0944. The van der Waals surface area contributed by atoms with Gasteiger partial charge in [0.1, 0.15) is 5.75 Å². The van der Waals surface area contributed by atoms with Crippen molar-refractivity contribution in [2.75, 3.05) is 5.32 Å². The highest BCUT2D eigenvalue weighted by Crippen LogP contribution is 2.25. The lowest BCUT2D eigenvalue weighted by molar-refractivity contribution is -0.114. The molecule has 2 aromatic carbocycles. The smallest absolute Gasteiger partial charge is 0.264 e. The van der Waals surface area contributed by atoms with E-state index in [1.807, 2.05) is 24.3 Å². The Balaban J connectivity index is 1.70. The van der Waals surface area contributed by atoms with Crippen molar-refractivity contribution in [2.24, 2.45) is 0 Å². The van der Waals surface area contributed by atoms with Crippen LogP contribution in [0.4, 0.5) is 5.69 Å². The van der Waals surface area contributed by atoms with Gasteiger partial charge in [0.15, 0.2) is 6.61 Å². The Morgan fingerprint density at radius 1 is 1.21 bits per heavy atom. The number of carbonyl (C=O) groups is 1. The van der Waals surface area contributed by atoms with Gasteiger partial charge in [-0.05, 0) is 36.4 Å². The van der Waals surface area contributed by atoms with Gasteiger partial charge in [-0.2, -0.15) is 4.98 Å². The van der Waals surface area contributed by atoms with E-state index in [2.05, 4.69) is 15.5 Å². The fourth-order valence-corrected chi connectivity index (χ4v) is 2.18. The second kappa shape index (κ2) is 7.14. The molecule has 0 aliphatic rings. The van der Waals surface area contributed by atoms with Crippen molar-refractivity contribution < 1.29 is 14.1 Å². The summed E-state index contributed by atoms with van der Waals surface area (Å²) >= 11 is 5.86. The number of benzene rings is 2. The molecule has 0 aliphatic carbocycles. The van der Waals surface area contributed by atoms with Crippen LogP contribution in [0.5, 0.6) is 5.75 Å². The van der Waals surface area contributed by atoms with E-state index in [-0.39, 0.29) is 12.5 Å². The molecule has 1 heterocycles. The molecule has 6 nitrogen and oxygen atoms in total. The fraction of sp³-hybridized carbons (Fsp3) is 0.118. The molecule has 1 amide bonds. The number of rotatable bonds is 5. The van der Waals surface area contributed by atoms with Gasteiger partial charge in [-0.1, -0.05) is 28.9 Å². The SMILES string of the molecule is CC(=O)Nc1ccccc1OCc1nc(-c2ccc(Cl)cc2)no1. The molecule has 7 heteroatoms. The normalized spacial score (nSPS) is 10.4. The predicted molar refractivity (Wildman–Crippen MR) is 89.8 cm³/mol. The van der Waals surface area contributed by atoms with Crippen LogP contribution in [0.15, 0.2) is 53.1 Å². The van der Waals surface area contributed by atoms with Crippen molar-refractivity contribution in [1.29, 1.82) is 0 Å². The van der Waals surface area contributed by atoms with E-state index in [9.17, 15) is 4.79 Å². The van der Waals surface area contributed by atoms with Crippen LogP contribution in [-0.4, -0.2) is 16.0 Å². The molecule has 1 N–H and O–H groups in total. The number of ether oxygens (including phenoxy) is 1. The Morgan fingerprint density at radius 2 is 1.96 bits per heavy atom. The minimum atomic E-state index is -0.172. The average molecular weight is 344 g/mol. The molecule has 1 aromatic heterocycles. The number of halogens is 1. The summed E-state index contributed by atoms with van der Waals surface area (Å²) in [7, 11) is 0. The van der Waals surface area contributed by atoms with Gasteiger partial charge >= 0.3 is 0 Å². The quantitative estimate of drug-likeness (QED) is 0.759. The van der Waals surface area contributed by atoms with Gasteiger partial charge in [0.05, 0.1) is 5.69 Å². The Kier molecular flexibility index (Phi) is 4.77. The Labute approximate surface area is 143 Å². The third-order valence-electron chi connectivity index (χ3n) is 3.12. The summed E-state index contributed by atoms with van der Waals surface area (Å²) in [4.78, 5) is 15.5. The highest BCUT2D eigenvalue weighted by atomic mass is 35.5. The first-order valence-corrected chi connectivity index (χ1v) is 7.57. The molecule has 0 saturated carbocycles. The minimum Gasteiger partial charge on any atom is -0.482 e. The van der Waals surface area contributed by atoms with Crippen molar-refractivity contribution in [1.82, 2.24) is 10.1 Å². The topological polar surface area (TPSA) is 77.2 Å². The molecular weight excluding hydrogens is 330 g/mol. The molecule has 3 rings (SSSR count). The van der Waals surface area contributed by atoms with Gasteiger partial charge < -0.3 is 14.6 Å². The lowest BCUT2D eigenvalue weighted by Crippen LogP contribution is -2.07. The molecule has 0 spiro atoms. The second-order valence-electron chi connectivity index (χ2n) is 4.98. The Bertz CT molecular complexity index is 846. The largest absolute Gasteiger partial charge is 0.482 e. The summed E-state index contributed by atoms with van der Waals surface area (Å²) in [6, 6.07) is 14.3. The zero-order chi connectivity index (χ0) is 16.9. The van der Waals surface area contributed by atoms with Gasteiger partial charge in [0.25, 0.3) is 5.89 Å². The van der Waals surface area contributed by atoms with Crippen LogP contribution in [-0.2, 0) is 11.4 Å². The van der Waals surface area contributed by atoms with E-state index >= 15 is 0 Å². The zero-order valence-electron chi connectivity index (χ0n) is 12.8. The monoisotopic (exact) mass is 343 g/mol. The van der Waals surface area contributed by atoms with Crippen molar-refractivity contribution in [3.05, 3.63) is 59.4 Å². The number of aromatic nitrogens is 2. The number of nitrogens with one attached hydrogen (secondary N) is 1. The summed E-state index contributed by atoms with van der Waals surface area (Å²) in [5.74, 6) is 1.14. The van der Waals surface area contributed by atoms with E-state index in [4.69, 9.17) is 20.9 Å². The van der Waals surface area contributed by atoms with Gasteiger partial charge in [-0.15, -0.1) is 0 Å². The third kappa shape index (κ3) is 3.91. The van der Waals surface area contributed by atoms with E-state index in [1.165, 1.54) is 6.92 Å². The lowest BCUT2D eigenvalue weighted by Gasteiger charge is -2.09. The van der Waals surface area contributed by atoms with Crippen molar-refractivity contribution in [3.63, 3.8) is 0 Å². The van der Waals surface area contributed by atoms with Crippen LogP contribution >= 0.6 is 11.6 Å². The first-order valence-electron chi connectivity index (χ1n) is 7.20. The Hall–Kier alpha value is -2.86. The first kappa shape index (κ1) is 16.0. The molecule has 122 valence electrons. The van der Waals surface area contributed by atoms with Gasteiger partial charge in [-0.3, -0.25) is 4.79 Å². The molecule has 3 aromatic rings. The summed E-state index contributed by atoms with van der Waals surface area (Å²) in [6.45, 7) is 1.53. The maximum absolute atomic E-state index is 11.2. The zero-order valence-corrected chi connectivity index (χ0v) is 13.6. The number of para-hydroxylation sites is 2. The number of hydrogen-bond donors (Lipinski definition) is 1. The summed E-state index contributed by atoms with van der Waals surface area (Å²) in [5, 5.41) is 7.26. The Morgan fingerprint density at radius 3 is 2.71 bits per heavy atom. The number of nitrogens with zero attached hydrogens (tertiary/aromatic N) is 2. The number of amides is 1. The van der Waals surface area contributed by atoms with E-state index in [0.717, 1.165) is 5.56 Å². The standard InChI is InChI=1S/C17H14ClN3O3/c1-11(22)19-14-4-2-3-5-15(14)23-10-16-20-17(21-24-16)12-6-8-13(18)9-7-12/h2-9H,10H2,1H3,(H,19,22). The maximum atomic E-state index is 11.2. The van der Waals surface area contributed by atoms with Gasteiger partial charge in [-0.25, -0.2) is 0 Å². The summed E-state index contributed by atoms with van der Waals surface area (Å²) in [6.07, 6.45) is 0. The molecule has 24 heavy (non-hydrogen) atoms. The van der Waals surface area contributed by atoms with Crippen LogP contribution < -0.4 is 10.1 Å². The third-order valence-corrected chi connectivity index (χ3v) is 3.37. The van der Waals surface area contributed by atoms with E-state index in [0.29, 0.717) is 28.2 Å². The number of carbonyl (C=O) groups excluding carboxylic acids is 1. The molecule has 0 saturated heterocycles. The molecular formula is C17H14ClN3O3. The van der Waals surface area contributed by atoms with Crippen LogP contribution in [0.2, 0.25) is 5.02 Å². The molecule has 0 atom stereocenters. The molecule has 0 radical (unpaired) electrons. The number of anilines is 1. The number of hydrogen-bond acceptors (Lipinski definition) is 5. The molecule has 0 fully saturated rings. The summed E-state index contributed by atoms with van der Waals surface area (Å²) in [5.41, 5.74) is 1.38. The molecule has 0 aliphatic heterocycles. The van der Waals surface area contributed by atoms with E-state index in [1.54, 1.807) is 24.3 Å². The second-order valence-corrected chi connectivity index (χ2v) is 5.42. The van der Waals surface area contributed by atoms with Gasteiger partial charge in [0.2, 0.25) is 11.7 Å². The fourth-order valence-electron chi connectivity index (χ4n) is 2.05. The van der Waals surface area contributed by atoms with E-state index < -0.39 is 0 Å². The summed E-state index contributed by atoms with van der Waals surface area (Å²) < 4.78 is 10.8. The van der Waals surface area contributed by atoms with Crippen LogP contribution in [0.1, 0.15) is 12.8 Å². The van der Waals surface area contributed by atoms with Crippen molar-refractivity contribution >= 4 is 23.2 Å². The van der Waals surface area contributed by atoms with Gasteiger partial charge in [0, 0.05) is 17.5 Å². The molecule has 0 bridgehead atoms. The van der Waals surface area contributed by atoms with Crippen molar-refractivity contribution in [3.8, 4) is 17.1 Å².